The number of likely N-dealkylation sites (N-methyl/N-ethyl adjacent to an activating group) is 2. The van der Waals surface area contributed by atoms with Crippen LogP contribution < -0.4 is 10.2 Å². The summed E-state index contributed by atoms with van der Waals surface area (Å²) in [7, 11) is 8.37. The van der Waals surface area contributed by atoms with Crippen LogP contribution >= 0.6 is 0 Å². The highest BCUT2D eigenvalue weighted by Gasteiger charge is 2.07. The number of hydrogen-bond acceptors (Lipinski definition) is 3. The van der Waals surface area contributed by atoms with Crippen LogP contribution in [0.4, 0.5) is 5.69 Å². The molecule has 1 rings (SSSR count). The van der Waals surface area contributed by atoms with Crippen molar-refractivity contribution in [1.82, 2.24) is 10.2 Å². The van der Waals surface area contributed by atoms with Gasteiger partial charge < -0.3 is 15.1 Å². The Hall–Kier alpha value is -1.06. The Bertz CT molecular complexity index is 347. The molecule has 0 saturated heterocycles. The van der Waals surface area contributed by atoms with E-state index in [0.717, 1.165) is 19.6 Å². The maximum Gasteiger partial charge on any atom is 0.0409 e. The summed E-state index contributed by atoms with van der Waals surface area (Å²) in [6, 6.07) is 6.66. The number of rotatable bonds is 6. The van der Waals surface area contributed by atoms with Crippen molar-refractivity contribution >= 4 is 5.69 Å². The molecule has 0 unspecified atom stereocenters. The zero-order valence-electron chi connectivity index (χ0n) is 11.7. The topological polar surface area (TPSA) is 18.5 Å². The highest BCUT2D eigenvalue weighted by molar-refractivity contribution is 5.54. The number of anilines is 1. The molecule has 0 heterocycles. The molecule has 0 amide bonds. The van der Waals surface area contributed by atoms with Crippen LogP contribution in [0, 0.1) is 6.92 Å². The van der Waals surface area contributed by atoms with Crippen molar-refractivity contribution in [2.45, 2.75) is 13.5 Å². The lowest BCUT2D eigenvalue weighted by Gasteiger charge is -2.24. The quantitative estimate of drug-likeness (QED) is 0.810. The molecule has 3 heteroatoms. The van der Waals surface area contributed by atoms with E-state index in [0.29, 0.717) is 0 Å². The number of benzene rings is 1. The van der Waals surface area contributed by atoms with Crippen molar-refractivity contribution in [2.75, 3.05) is 46.2 Å². The second-order valence-electron chi connectivity index (χ2n) is 4.89. The van der Waals surface area contributed by atoms with Crippen LogP contribution in [-0.4, -0.2) is 46.2 Å². The minimum Gasteiger partial charge on any atom is -0.373 e. The first-order valence-corrected chi connectivity index (χ1v) is 6.14. The maximum absolute atomic E-state index is 3.23. The Balaban J connectivity index is 2.80. The molecule has 17 heavy (non-hydrogen) atoms. The van der Waals surface area contributed by atoms with Crippen LogP contribution in [-0.2, 0) is 6.54 Å². The lowest BCUT2D eigenvalue weighted by atomic mass is 10.1. The first-order valence-electron chi connectivity index (χ1n) is 6.14. The third-order valence-electron chi connectivity index (χ3n) is 2.90. The van der Waals surface area contributed by atoms with Crippen molar-refractivity contribution in [2.24, 2.45) is 0 Å². The van der Waals surface area contributed by atoms with E-state index in [-0.39, 0.29) is 0 Å². The van der Waals surface area contributed by atoms with E-state index in [1.54, 1.807) is 0 Å². The molecule has 0 atom stereocenters. The van der Waals surface area contributed by atoms with Gasteiger partial charge in [-0.3, -0.25) is 0 Å². The van der Waals surface area contributed by atoms with Crippen LogP contribution in [0.5, 0.6) is 0 Å². The highest BCUT2D eigenvalue weighted by atomic mass is 15.2. The Labute approximate surface area is 105 Å². The van der Waals surface area contributed by atoms with Gasteiger partial charge in [-0.15, -0.1) is 0 Å². The van der Waals surface area contributed by atoms with Gasteiger partial charge >= 0.3 is 0 Å². The molecule has 1 aromatic rings. The first-order chi connectivity index (χ1) is 8.04. The summed E-state index contributed by atoms with van der Waals surface area (Å²) < 4.78 is 0. The van der Waals surface area contributed by atoms with Crippen molar-refractivity contribution in [3.8, 4) is 0 Å². The van der Waals surface area contributed by atoms with Gasteiger partial charge in [0.15, 0.2) is 0 Å². The average molecular weight is 235 g/mol. The molecular weight excluding hydrogens is 210 g/mol. The molecule has 3 nitrogen and oxygen atoms in total. The predicted molar refractivity (Wildman–Crippen MR) is 75.8 cm³/mol. The van der Waals surface area contributed by atoms with Gasteiger partial charge in [0.2, 0.25) is 0 Å². The SMILES string of the molecule is CNCc1cc(C)ccc1N(C)CCN(C)C. The van der Waals surface area contributed by atoms with Crippen molar-refractivity contribution in [1.29, 1.82) is 0 Å². The summed E-state index contributed by atoms with van der Waals surface area (Å²) in [6.07, 6.45) is 0. The Kier molecular flexibility index (Phi) is 5.45. The molecule has 1 N–H and O–H groups in total. The summed E-state index contributed by atoms with van der Waals surface area (Å²) in [5.41, 5.74) is 4.01. The minimum absolute atomic E-state index is 0.920. The van der Waals surface area contributed by atoms with E-state index in [1.807, 2.05) is 7.05 Å². The summed E-state index contributed by atoms with van der Waals surface area (Å²) in [6.45, 7) is 5.18. The van der Waals surface area contributed by atoms with Crippen molar-refractivity contribution < 1.29 is 0 Å². The van der Waals surface area contributed by atoms with Crippen LogP contribution in [0.15, 0.2) is 18.2 Å². The van der Waals surface area contributed by atoms with Gasteiger partial charge in [-0.25, -0.2) is 0 Å². The second-order valence-corrected chi connectivity index (χ2v) is 4.89. The van der Waals surface area contributed by atoms with E-state index in [1.165, 1.54) is 16.8 Å². The van der Waals surface area contributed by atoms with E-state index in [2.05, 4.69) is 61.4 Å². The van der Waals surface area contributed by atoms with E-state index >= 15 is 0 Å². The molecular formula is C14H25N3. The molecule has 0 aliphatic carbocycles. The van der Waals surface area contributed by atoms with Crippen LogP contribution in [0.3, 0.4) is 0 Å². The Morgan fingerprint density at radius 1 is 1.12 bits per heavy atom. The third kappa shape index (κ3) is 4.36. The van der Waals surface area contributed by atoms with Gasteiger partial charge in [-0.1, -0.05) is 17.7 Å². The van der Waals surface area contributed by atoms with Gasteiger partial charge in [0.25, 0.3) is 0 Å². The standard InChI is InChI=1S/C14H25N3/c1-12-6-7-14(13(10-12)11-15-2)17(5)9-8-16(3)4/h6-7,10,15H,8-9,11H2,1-5H3. The minimum atomic E-state index is 0.920. The fraction of sp³-hybridized carbons (Fsp3) is 0.571. The highest BCUT2D eigenvalue weighted by Crippen LogP contribution is 2.20. The van der Waals surface area contributed by atoms with Crippen LogP contribution in [0.25, 0.3) is 0 Å². The van der Waals surface area contributed by atoms with E-state index < -0.39 is 0 Å². The van der Waals surface area contributed by atoms with Crippen molar-refractivity contribution in [3.63, 3.8) is 0 Å². The molecule has 0 radical (unpaired) electrons. The first kappa shape index (κ1) is 14.0. The van der Waals surface area contributed by atoms with Crippen LogP contribution in [0.1, 0.15) is 11.1 Å². The zero-order valence-corrected chi connectivity index (χ0v) is 11.7. The predicted octanol–water partition coefficient (Wildman–Crippen LogP) is 1.71. The second kappa shape index (κ2) is 6.62. The molecule has 0 saturated carbocycles. The van der Waals surface area contributed by atoms with Gasteiger partial charge in [0.1, 0.15) is 0 Å². The molecule has 0 aliphatic rings. The fourth-order valence-electron chi connectivity index (χ4n) is 1.89. The van der Waals surface area contributed by atoms with Gasteiger partial charge in [-0.2, -0.15) is 0 Å². The summed E-state index contributed by atoms with van der Waals surface area (Å²) in [5, 5.41) is 3.23. The van der Waals surface area contributed by atoms with Gasteiger partial charge in [-0.05, 0) is 39.7 Å². The molecule has 0 spiro atoms. The average Bonchev–Trinajstić information content (AvgIpc) is 2.26. The number of nitrogens with zero attached hydrogens (tertiary/aromatic N) is 2. The fourth-order valence-corrected chi connectivity index (χ4v) is 1.89. The maximum atomic E-state index is 3.23. The lowest BCUT2D eigenvalue weighted by Crippen LogP contribution is -2.29. The van der Waals surface area contributed by atoms with Crippen molar-refractivity contribution in [3.05, 3.63) is 29.3 Å². The lowest BCUT2D eigenvalue weighted by molar-refractivity contribution is 0.416. The number of hydrogen-bond donors (Lipinski definition) is 1. The van der Waals surface area contributed by atoms with Gasteiger partial charge in [0, 0.05) is 32.4 Å². The smallest absolute Gasteiger partial charge is 0.0409 e. The van der Waals surface area contributed by atoms with Crippen LogP contribution in [0.2, 0.25) is 0 Å². The Morgan fingerprint density at radius 3 is 2.41 bits per heavy atom. The van der Waals surface area contributed by atoms with E-state index in [9.17, 15) is 0 Å². The summed E-state index contributed by atoms with van der Waals surface area (Å²) >= 11 is 0. The monoisotopic (exact) mass is 235 g/mol. The molecule has 0 fully saturated rings. The Morgan fingerprint density at radius 2 is 1.82 bits per heavy atom. The molecule has 96 valence electrons. The van der Waals surface area contributed by atoms with Gasteiger partial charge in [0.05, 0.1) is 0 Å². The molecule has 0 aromatic heterocycles. The number of nitrogens with one attached hydrogen (secondary N) is 1. The summed E-state index contributed by atoms with van der Waals surface area (Å²) in [4.78, 5) is 4.54. The normalized spacial score (nSPS) is 10.9. The molecule has 0 aliphatic heterocycles. The van der Waals surface area contributed by atoms with E-state index in [4.69, 9.17) is 0 Å². The molecule has 0 bridgehead atoms. The molecule has 1 aromatic carbocycles. The summed E-state index contributed by atoms with van der Waals surface area (Å²) in [5.74, 6) is 0. The largest absolute Gasteiger partial charge is 0.373 e. The number of aryl methyl sites for hydroxylation is 1. The third-order valence-corrected chi connectivity index (χ3v) is 2.90. The zero-order chi connectivity index (χ0) is 12.8.